The zero-order valence-corrected chi connectivity index (χ0v) is 15.3. The normalized spacial score (nSPS) is 53.4. The van der Waals surface area contributed by atoms with Gasteiger partial charge in [-0.1, -0.05) is 0 Å². The number of hydrogen-bond donors (Lipinski definition) is 0. The molecule has 0 radical (unpaired) electrons. The van der Waals surface area contributed by atoms with Gasteiger partial charge in [-0.15, -0.1) is 33.2 Å². The highest BCUT2D eigenvalue weighted by molar-refractivity contribution is 7.27. The van der Waals surface area contributed by atoms with Crippen molar-refractivity contribution in [3.63, 3.8) is 0 Å². The van der Waals surface area contributed by atoms with Crippen LogP contribution in [0.2, 0.25) is 26.2 Å². The number of hydrogen-bond acceptors (Lipinski definition) is 4. The predicted molar refractivity (Wildman–Crippen MR) is 69.8 cm³/mol. The second-order valence-corrected chi connectivity index (χ2v) is 19.4. The zero-order valence-electron chi connectivity index (χ0n) is 8.84. The molecule has 15 heavy (non-hydrogen) atoms. The Labute approximate surface area is 108 Å². The lowest BCUT2D eigenvalue weighted by Crippen LogP contribution is -2.58. The monoisotopic (exact) mass is 342 g/mol. The molecule has 0 aliphatic carbocycles. The third-order valence-electron chi connectivity index (χ3n) is 1.48. The fourth-order valence-corrected chi connectivity index (χ4v) is 22.0. The number of rotatable bonds is 0. The fourth-order valence-electron chi connectivity index (χ4n) is 1.34. The summed E-state index contributed by atoms with van der Waals surface area (Å²) in [4.78, 5) is 0. The molecule has 0 aromatic heterocycles. The van der Waals surface area contributed by atoms with Crippen molar-refractivity contribution in [2.75, 3.05) is 0 Å². The Hall–Kier alpha value is 1.58. The molecule has 1 heterocycles. The lowest BCUT2D eigenvalue weighted by Gasteiger charge is -2.38. The SMILES string of the molecule is C[SiH]1O[Si](C)(Cl)O[Si](C)(Cl)O[Si](C)(Cl)O1. The third-order valence-corrected chi connectivity index (χ3v) is 17.7. The first kappa shape index (κ1) is 14.6. The first-order chi connectivity index (χ1) is 6.52. The highest BCUT2D eigenvalue weighted by Gasteiger charge is 2.51. The van der Waals surface area contributed by atoms with E-state index < -0.39 is 32.9 Å². The van der Waals surface area contributed by atoms with Crippen LogP contribution in [0.4, 0.5) is 0 Å². The van der Waals surface area contributed by atoms with Gasteiger partial charge in [-0.25, -0.2) is 0 Å². The number of halogens is 3. The van der Waals surface area contributed by atoms with Gasteiger partial charge in [0.2, 0.25) is 0 Å². The molecule has 1 fully saturated rings. The highest BCUT2D eigenvalue weighted by atomic mass is 35.6. The Bertz CT molecular complexity index is 228. The van der Waals surface area contributed by atoms with E-state index in [0.29, 0.717) is 0 Å². The molecule has 0 aromatic carbocycles. The van der Waals surface area contributed by atoms with Crippen LogP contribution in [-0.2, 0) is 16.5 Å². The van der Waals surface area contributed by atoms with Gasteiger partial charge in [0.15, 0.2) is 0 Å². The Morgan fingerprint density at radius 1 is 0.800 bits per heavy atom. The Kier molecular flexibility index (Phi) is 4.57. The van der Waals surface area contributed by atoms with Crippen molar-refractivity contribution in [1.82, 2.24) is 0 Å². The first-order valence-electron chi connectivity index (χ1n) is 4.34. The third kappa shape index (κ3) is 5.17. The molecule has 2 unspecified atom stereocenters. The maximum absolute atomic E-state index is 6.12. The Balaban J connectivity index is 2.85. The van der Waals surface area contributed by atoms with E-state index in [1.165, 1.54) is 0 Å². The van der Waals surface area contributed by atoms with E-state index in [2.05, 4.69) is 0 Å². The molecule has 1 aliphatic rings. The topological polar surface area (TPSA) is 36.9 Å². The Morgan fingerprint density at radius 2 is 1.13 bits per heavy atom. The Morgan fingerprint density at radius 3 is 1.47 bits per heavy atom. The summed E-state index contributed by atoms with van der Waals surface area (Å²) in [6.07, 6.45) is 0. The molecule has 2 atom stereocenters. The van der Waals surface area contributed by atoms with Crippen molar-refractivity contribution < 1.29 is 16.5 Å². The summed E-state index contributed by atoms with van der Waals surface area (Å²) >= 11 is 18.3. The summed E-state index contributed by atoms with van der Waals surface area (Å²) in [5.74, 6) is 0. The molecule has 0 amide bonds. The second-order valence-electron chi connectivity index (χ2n) is 3.51. The minimum absolute atomic E-state index is 1.67. The van der Waals surface area contributed by atoms with E-state index in [-0.39, 0.29) is 0 Å². The lowest BCUT2D eigenvalue weighted by atomic mass is 11.9. The van der Waals surface area contributed by atoms with Gasteiger partial charge in [-0.3, -0.25) is 0 Å². The minimum Gasteiger partial charge on any atom is -0.406 e. The van der Waals surface area contributed by atoms with Crippen molar-refractivity contribution in [1.29, 1.82) is 0 Å². The molecule has 4 nitrogen and oxygen atoms in total. The molecule has 11 heteroatoms. The average Bonchev–Trinajstić information content (AvgIpc) is 1.71. The van der Waals surface area contributed by atoms with Crippen LogP contribution in [0.3, 0.4) is 0 Å². The van der Waals surface area contributed by atoms with Crippen molar-refractivity contribution in [2.45, 2.75) is 26.2 Å². The van der Waals surface area contributed by atoms with Gasteiger partial charge in [-0.2, -0.15) is 0 Å². The molecule has 0 aromatic rings. The van der Waals surface area contributed by atoms with E-state index in [1.54, 1.807) is 19.6 Å². The summed E-state index contributed by atoms with van der Waals surface area (Å²) in [5, 5.41) is 0. The standard InChI is InChI=1S/C4H13Cl3O4Si4/c1-12-8-13(2,5)10-15(4,7)11-14(3,6)9-12/h12H,1-4H3. The summed E-state index contributed by atoms with van der Waals surface area (Å²) in [6, 6.07) is 0. The van der Waals surface area contributed by atoms with Crippen LogP contribution in [0.5, 0.6) is 0 Å². The summed E-state index contributed by atoms with van der Waals surface area (Å²) in [5.41, 5.74) is 0. The van der Waals surface area contributed by atoms with E-state index in [9.17, 15) is 0 Å². The van der Waals surface area contributed by atoms with Crippen LogP contribution in [0, 0.1) is 0 Å². The molecular formula is C4H13Cl3O4Si4. The maximum Gasteiger partial charge on any atom is 0.423 e. The molecule has 0 bridgehead atoms. The molecule has 1 aliphatic heterocycles. The maximum atomic E-state index is 6.12. The van der Waals surface area contributed by atoms with Crippen molar-refractivity contribution in [2.24, 2.45) is 0 Å². The average molecular weight is 344 g/mol. The van der Waals surface area contributed by atoms with Crippen molar-refractivity contribution in [3.05, 3.63) is 0 Å². The molecule has 0 spiro atoms. The smallest absolute Gasteiger partial charge is 0.406 e. The summed E-state index contributed by atoms with van der Waals surface area (Å²) in [7, 11) is -10.3. The van der Waals surface area contributed by atoms with Gasteiger partial charge in [0.1, 0.15) is 0 Å². The van der Waals surface area contributed by atoms with Crippen LogP contribution in [0.15, 0.2) is 0 Å². The van der Waals surface area contributed by atoms with Crippen LogP contribution < -0.4 is 0 Å². The second kappa shape index (κ2) is 4.69. The van der Waals surface area contributed by atoms with Gasteiger partial charge >= 0.3 is 32.9 Å². The van der Waals surface area contributed by atoms with Crippen molar-refractivity contribution >= 4 is 66.1 Å². The van der Waals surface area contributed by atoms with Crippen LogP contribution >= 0.6 is 33.2 Å². The fraction of sp³-hybridized carbons (Fsp3) is 1.00. The van der Waals surface area contributed by atoms with E-state index in [1.807, 2.05) is 6.55 Å². The van der Waals surface area contributed by atoms with Crippen molar-refractivity contribution in [3.8, 4) is 0 Å². The summed E-state index contributed by atoms with van der Waals surface area (Å²) in [6.45, 7) is 6.92. The molecule has 0 saturated carbocycles. The molecule has 1 saturated heterocycles. The van der Waals surface area contributed by atoms with Gasteiger partial charge in [0.05, 0.1) is 0 Å². The highest BCUT2D eigenvalue weighted by Crippen LogP contribution is 2.31. The summed E-state index contributed by atoms with van der Waals surface area (Å²) < 4.78 is 22.2. The lowest BCUT2D eigenvalue weighted by molar-refractivity contribution is 0.276. The molecular weight excluding hydrogens is 331 g/mol. The van der Waals surface area contributed by atoms with Crippen LogP contribution in [0.1, 0.15) is 0 Å². The minimum atomic E-state index is -2.87. The van der Waals surface area contributed by atoms with Crippen LogP contribution in [0.25, 0.3) is 0 Å². The van der Waals surface area contributed by atoms with E-state index >= 15 is 0 Å². The quantitative estimate of drug-likeness (QED) is 0.500. The van der Waals surface area contributed by atoms with Gasteiger partial charge in [0.25, 0.3) is 0 Å². The van der Waals surface area contributed by atoms with E-state index in [0.717, 1.165) is 0 Å². The first-order valence-corrected chi connectivity index (χ1v) is 16.4. The van der Waals surface area contributed by atoms with Gasteiger partial charge in [-0.05, 0) is 26.2 Å². The van der Waals surface area contributed by atoms with Crippen LogP contribution in [-0.4, -0.2) is 32.9 Å². The zero-order chi connectivity index (χ0) is 11.9. The largest absolute Gasteiger partial charge is 0.423 e. The molecule has 0 N–H and O–H groups in total. The van der Waals surface area contributed by atoms with Gasteiger partial charge in [0, 0.05) is 0 Å². The molecule has 90 valence electrons. The molecule has 1 rings (SSSR count). The van der Waals surface area contributed by atoms with E-state index in [4.69, 9.17) is 49.7 Å². The van der Waals surface area contributed by atoms with Gasteiger partial charge < -0.3 is 16.5 Å². The predicted octanol–water partition coefficient (Wildman–Crippen LogP) is 2.34.